The first-order valence-electron chi connectivity index (χ1n) is 46.5. The average molecular weight is 1980 g/mol. The van der Waals surface area contributed by atoms with Crippen LogP contribution in [0.1, 0.15) is 254 Å². The van der Waals surface area contributed by atoms with E-state index < -0.39 is 107 Å². The molecule has 0 aliphatic carbocycles. The number of hydrogen-bond donors (Lipinski definition) is 7. The van der Waals surface area contributed by atoms with Crippen molar-refractivity contribution in [3.05, 3.63) is 299 Å². The molecule has 0 saturated carbocycles. The number of aliphatic hydroxyl groups is 2. The second-order valence-electron chi connectivity index (χ2n) is 32.1. The Balaban J connectivity index is 0.000000831. The van der Waals surface area contributed by atoms with Crippen LogP contribution in [0.15, 0.2) is 275 Å². The van der Waals surface area contributed by atoms with Crippen molar-refractivity contribution in [2.45, 2.75) is 250 Å². The van der Waals surface area contributed by atoms with Crippen molar-refractivity contribution < 1.29 is 110 Å². The van der Waals surface area contributed by atoms with Crippen LogP contribution >= 0.6 is 0 Å². The molecule has 0 aromatic heterocycles. The number of allylic oxidation sites excluding steroid dienone is 5. The number of hydrogen-bond acceptors (Lipinski definition) is 20. The summed E-state index contributed by atoms with van der Waals surface area (Å²) >= 11 is 0. The third-order valence-corrected chi connectivity index (χ3v) is 21.5. The number of cyclic esters (lactones) is 3. The number of nitrogens with two attached hydrogens (primary N) is 4. The van der Waals surface area contributed by atoms with E-state index in [2.05, 4.69) is 21.1 Å². The number of carbonyl (C=O) groups excluding carboxylic acids is 4. The number of aliphatic imine (C=N–C) groups is 2. The van der Waals surface area contributed by atoms with Gasteiger partial charge in [0.25, 0.3) is 0 Å². The molecule has 0 amide bonds. The number of ether oxygens (including phenoxy) is 3. The van der Waals surface area contributed by atoms with Crippen molar-refractivity contribution in [3.8, 4) is 0 Å². The largest absolute Gasteiger partial charge is 0.523 e. The number of unbranched alkanes of at least 4 members (excludes halogenated alkanes) is 6. The number of alkyl halides is 3. The van der Waals surface area contributed by atoms with Gasteiger partial charge in [-0.15, -0.1) is 0 Å². The standard InChI is InChI=1S/C24H28FN3O2.C23H26FNO2.C22H25FN2O2.C9H16FN3O2.C7H10F4O3S.C6H11FO.C6H11F.C4H10O.C4H8O/c1-17(26)27-15-9-14-20(25)16-21-24(29)30-23(19-12-7-4-8-13-19)22(28(21)2)18-10-5-3-6-11-18;1-3-4-15-19(24)16-20-23(26)27-22(18-13-9-6-10-14-18)21(25(20)2)17-11-7-5-8-12-17;1-25-19(15-18(23)13-8-14-24)22(26)27-21(17-11-6-3-7-12-17)20(25)16-9-4-2-5-10-16;1-6(11)13-4-2-3-7(10)5-8(12)9(14)15;1-2-3-4-6(8)5-14-15(12,13)7(9,10)11;1-2-3-4-6(7)5-8;1-3-4-5-6(2)7;2*1-2-3-4-5/h3-8,10-14,21-23H,9,15-16H2,1-2H3,(H2,26,27);5-15,20-22H,3-4,16H2,1-2H3;2-7,9-13,19-21H,8,14-15,24H2,1H3;3,8H,2,4-5,12H2,1H3,(H2,11,13)(H,14,15);4H,2-3,5H2,1H3;4,8H,2-3,5H2,1H3;5H,3-4H2,1-2H3;5H,2-4H2,1H3;4H,2-3H2,1H3. The maximum absolute atomic E-state index is 14.6. The van der Waals surface area contributed by atoms with E-state index in [1.54, 1.807) is 32.9 Å². The lowest BCUT2D eigenvalue weighted by molar-refractivity contribution is -0.174. The molecule has 10 atom stereocenters. The number of carboxylic acids is 1. The zero-order chi connectivity index (χ0) is 104. The number of nitrogens with zero attached hydrogens (tertiary/aromatic N) is 5. The van der Waals surface area contributed by atoms with Gasteiger partial charge >= 0.3 is 39.5 Å². The topological polar surface area (TPSA) is 356 Å². The van der Waals surface area contributed by atoms with Gasteiger partial charge in [0.1, 0.15) is 67.0 Å². The maximum Gasteiger partial charge on any atom is 0.523 e. The summed E-state index contributed by atoms with van der Waals surface area (Å²) in [6, 6.07) is 55.0. The average Bonchev–Trinajstić information content (AvgIpc) is 0.781. The highest BCUT2D eigenvalue weighted by Gasteiger charge is 2.49. The molecule has 34 heteroatoms. The van der Waals surface area contributed by atoms with E-state index in [4.69, 9.17) is 52.5 Å². The Bertz CT molecular complexity index is 4690. The predicted octanol–water partition coefficient (Wildman–Crippen LogP) is 22.6. The smallest absolute Gasteiger partial charge is 0.480 e. The minimum absolute atomic E-state index is 0.0137. The van der Waals surface area contributed by atoms with E-state index in [1.807, 2.05) is 246 Å². The lowest BCUT2D eigenvalue weighted by Gasteiger charge is -2.43. The molecule has 9 rings (SSSR count). The molecule has 23 nitrogen and oxygen atoms in total. The molecule has 3 aliphatic heterocycles. The molecule has 0 spiro atoms. The lowest BCUT2D eigenvalue weighted by Crippen LogP contribution is -2.49. The first kappa shape index (κ1) is 126. The number of esters is 3. The van der Waals surface area contributed by atoms with Crippen molar-refractivity contribution in [2.24, 2.45) is 32.9 Å². The molecule has 3 fully saturated rings. The fraction of sp³-hybridized carbons (Fsp3) is 0.457. The van der Waals surface area contributed by atoms with E-state index in [9.17, 15) is 76.3 Å². The summed E-state index contributed by atoms with van der Waals surface area (Å²) in [5.74, 6) is -4.51. The summed E-state index contributed by atoms with van der Waals surface area (Å²) < 4.78 is 169. The Morgan fingerprint density at radius 3 is 0.978 bits per heavy atom. The predicted molar refractivity (Wildman–Crippen MR) is 530 cm³/mol. The van der Waals surface area contributed by atoms with E-state index in [-0.39, 0.29) is 73.1 Å². The summed E-state index contributed by atoms with van der Waals surface area (Å²) in [5.41, 5.74) is 21.7. The van der Waals surface area contributed by atoms with E-state index >= 15 is 0 Å². The fourth-order valence-corrected chi connectivity index (χ4v) is 13.7. The SMILES string of the molecule is CC(N)=NCCC=C(F)CC(N)C(=O)O.CC(N)=NCCC=C(F)CC1C(=O)OC(c2ccccc2)C(c2ccccc2)N1C.CCCC=C(C)F.CCCC=C(F)CC1C(=O)OC(c2ccccc2)C(c2ccccc2)N1C.CCCC=C(F)CO.CCCC=C(F)COS(=O)(=O)C(F)(F)F.CCCC=O.CCCCO.CN1C(CC(F)=CCCN)C(=O)OC(c2ccccc2)C1c1ccccc1. The molecular formula is C105H145F10N9O14S. The summed E-state index contributed by atoms with van der Waals surface area (Å²) in [6.07, 6.45) is 20.0. The zero-order valence-electron chi connectivity index (χ0n) is 82.0. The minimum Gasteiger partial charge on any atom is -0.480 e. The zero-order valence-corrected chi connectivity index (χ0v) is 82.8. The summed E-state index contributed by atoms with van der Waals surface area (Å²) in [4.78, 5) is 71.6. The summed E-state index contributed by atoms with van der Waals surface area (Å²) in [7, 11) is -0.107. The summed E-state index contributed by atoms with van der Waals surface area (Å²) in [6.45, 7) is 16.4. The molecule has 139 heavy (non-hydrogen) atoms. The van der Waals surface area contributed by atoms with Gasteiger partial charge in [0.15, 0.2) is 0 Å². The first-order valence-corrected chi connectivity index (χ1v) is 47.9. The van der Waals surface area contributed by atoms with Gasteiger partial charge in [-0.3, -0.25) is 48.0 Å². The van der Waals surface area contributed by atoms with E-state index in [1.165, 1.54) is 31.2 Å². The molecule has 770 valence electrons. The Kier molecular flexibility index (Phi) is 66.2. The van der Waals surface area contributed by atoms with Crippen LogP contribution < -0.4 is 22.9 Å². The lowest BCUT2D eigenvalue weighted by atomic mass is 9.91. The monoisotopic (exact) mass is 1980 g/mol. The Hall–Kier alpha value is -11.1. The van der Waals surface area contributed by atoms with Crippen LogP contribution in [0.4, 0.5) is 43.9 Å². The summed E-state index contributed by atoms with van der Waals surface area (Å²) in [5, 5.41) is 24.6. The third-order valence-electron chi connectivity index (χ3n) is 20.5. The van der Waals surface area contributed by atoms with Crippen molar-refractivity contribution in [1.29, 1.82) is 0 Å². The first-order chi connectivity index (χ1) is 66.2. The Morgan fingerprint density at radius 1 is 0.446 bits per heavy atom. The highest BCUT2D eigenvalue weighted by molar-refractivity contribution is 7.87. The second kappa shape index (κ2) is 73.1. The number of carbonyl (C=O) groups is 5. The second-order valence-corrected chi connectivity index (χ2v) is 33.7. The quantitative estimate of drug-likeness (QED) is 0.00217. The molecule has 6 aromatic carbocycles. The highest BCUT2D eigenvalue weighted by atomic mass is 32.2. The van der Waals surface area contributed by atoms with Crippen molar-refractivity contribution in [3.63, 3.8) is 0 Å². The molecule has 10 unspecified atom stereocenters. The molecule has 3 heterocycles. The van der Waals surface area contributed by atoms with Crippen LogP contribution in [0.2, 0.25) is 0 Å². The van der Waals surface area contributed by atoms with Crippen LogP contribution in [0.25, 0.3) is 0 Å². The van der Waals surface area contributed by atoms with Crippen LogP contribution in [-0.2, 0) is 52.5 Å². The van der Waals surface area contributed by atoms with Crippen molar-refractivity contribution in [1.82, 2.24) is 14.7 Å². The number of morpholine rings is 3. The van der Waals surface area contributed by atoms with Crippen LogP contribution in [0.5, 0.6) is 0 Å². The minimum atomic E-state index is -5.70. The fourth-order valence-electron chi connectivity index (χ4n) is 13.3. The highest BCUT2D eigenvalue weighted by Crippen LogP contribution is 2.46. The number of rotatable bonds is 39. The molecule has 6 aromatic rings. The Labute approximate surface area is 815 Å². The van der Waals surface area contributed by atoms with Gasteiger partial charge in [-0.05, 0) is 140 Å². The van der Waals surface area contributed by atoms with Crippen LogP contribution in [-0.4, -0.2) is 171 Å². The third kappa shape index (κ3) is 51.6. The van der Waals surface area contributed by atoms with Crippen molar-refractivity contribution >= 4 is 52.0 Å². The van der Waals surface area contributed by atoms with E-state index in [0.29, 0.717) is 89.3 Å². The van der Waals surface area contributed by atoms with Gasteiger partial charge in [-0.25, -0.2) is 30.7 Å². The number of likely N-dealkylation sites (N-methyl/N-ethyl adjacent to an activating group) is 3. The molecule has 0 radical (unpaired) electrons. The van der Waals surface area contributed by atoms with Gasteiger partial charge < -0.3 is 57.3 Å². The molecule has 0 bridgehead atoms. The van der Waals surface area contributed by atoms with Gasteiger partial charge in [-0.2, -0.15) is 21.6 Å². The number of halogens is 10. The number of aliphatic carboxylic acids is 1. The van der Waals surface area contributed by atoms with Crippen LogP contribution in [0.3, 0.4) is 0 Å². The molecular weight excluding hydrogens is 1830 g/mol. The number of aldehydes is 1. The number of carboxylic acid groups (broad SMARTS) is 1. The number of benzene rings is 6. The van der Waals surface area contributed by atoms with E-state index in [0.717, 1.165) is 90.7 Å². The normalized spacial score (nSPS) is 19.4. The Morgan fingerprint density at radius 2 is 0.734 bits per heavy atom. The van der Waals surface area contributed by atoms with Gasteiger partial charge in [0.2, 0.25) is 0 Å². The number of amidine groups is 2. The molecule has 3 saturated heterocycles. The van der Waals surface area contributed by atoms with Crippen molar-refractivity contribution in [2.75, 3.05) is 60.6 Å². The molecule has 3 aliphatic rings. The number of aliphatic hydroxyl groups excluding tert-OH is 2. The van der Waals surface area contributed by atoms with Crippen LogP contribution in [0, 0.1) is 0 Å². The van der Waals surface area contributed by atoms with Gasteiger partial charge in [0, 0.05) is 51.8 Å². The van der Waals surface area contributed by atoms with Gasteiger partial charge in [-0.1, -0.05) is 298 Å². The molecule has 11 N–H and O–H groups in total. The maximum atomic E-state index is 14.6. The van der Waals surface area contributed by atoms with Gasteiger partial charge in [0.05, 0.1) is 65.5 Å².